The Kier molecular flexibility index (Phi) is 5.91. The average molecular weight is 413 g/mol. The number of rotatable bonds is 4. The van der Waals surface area contributed by atoms with Crippen LogP contribution in [0, 0.1) is 10.1 Å². The van der Waals surface area contributed by atoms with Gasteiger partial charge in [-0.2, -0.15) is 0 Å². The summed E-state index contributed by atoms with van der Waals surface area (Å²) < 4.78 is 1.53. The Balaban J connectivity index is 0.000000153. The van der Waals surface area contributed by atoms with Crippen LogP contribution in [0.1, 0.15) is 6.42 Å². The molecule has 0 aliphatic carbocycles. The number of nitrogens with zero attached hydrogens (tertiary/aromatic N) is 4. The van der Waals surface area contributed by atoms with Crippen molar-refractivity contribution in [3.8, 4) is 0 Å². The first-order valence-electron chi connectivity index (χ1n) is 8.14. The molecule has 0 aliphatic rings. The van der Waals surface area contributed by atoms with Gasteiger partial charge in [0.25, 0.3) is 0 Å². The van der Waals surface area contributed by atoms with Gasteiger partial charge in [0, 0.05) is 22.3 Å². The predicted molar refractivity (Wildman–Crippen MR) is 107 cm³/mol. The van der Waals surface area contributed by atoms with Gasteiger partial charge in [-0.05, 0) is 22.8 Å². The molecule has 0 amide bonds. The Bertz CT molecular complexity index is 977. The van der Waals surface area contributed by atoms with E-state index in [-0.39, 0.29) is 5.95 Å². The molecule has 7 heteroatoms. The Morgan fingerprint density at radius 1 is 1.04 bits per heavy atom. The van der Waals surface area contributed by atoms with Crippen LogP contribution in [0.25, 0.3) is 21.7 Å². The number of benzene rings is 2. The molecule has 0 bridgehead atoms. The Morgan fingerprint density at radius 3 is 2.54 bits per heavy atom. The Labute approximate surface area is 158 Å². The van der Waals surface area contributed by atoms with E-state index in [0.29, 0.717) is 6.54 Å². The molecule has 2 aromatic heterocycles. The molecular formula is C19H17BrN4O2. The van der Waals surface area contributed by atoms with Crippen LogP contribution in [0.5, 0.6) is 0 Å². The predicted octanol–water partition coefficient (Wildman–Crippen LogP) is 4.96. The van der Waals surface area contributed by atoms with E-state index in [0.717, 1.165) is 17.3 Å². The van der Waals surface area contributed by atoms with Gasteiger partial charge in [-0.1, -0.05) is 63.4 Å². The van der Waals surface area contributed by atoms with Crippen molar-refractivity contribution in [1.82, 2.24) is 14.5 Å². The van der Waals surface area contributed by atoms with Crippen molar-refractivity contribution in [1.29, 1.82) is 0 Å². The molecule has 0 spiro atoms. The summed E-state index contributed by atoms with van der Waals surface area (Å²) in [6.45, 7) is 0.627. The van der Waals surface area contributed by atoms with Crippen LogP contribution in [0.2, 0.25) is 0 Å². The van der Waals surface area contributed by atoms with E-state index in [1.807, 2.05) is 24.4 Å². The molecule has 0 atom stereocenters. The van der Waals surface area contributed by atoms with Gasteiger partial charge in [0.15, 0.2) is 0 Å². The average Bonchev–Trinajstić information content (AvgIpc) is 3.16. The second-order valence-electron chi connectivity index (χ2n) is 5.58. The van der Waals surface area contributed by atoms with E-state index in [9.17, 15) is 10.1 Å². The van der Waals surface area contributed by atoms with Crippen LogP contribution in [0.3, 0.4) is 0 Å². The second kappa shape index (κ2) is 8.53. The number of aromatic nitrogens is 3. The minimum atomic E-state index is -0.478. The van der Waals surface area contributed by atoms with Gasteiger partial charge in [-0.3, -0.25) is 4.98 Å². The maximum atomic E-state index is 10.4. The summed E-state index contributed by atoms with van der Waals surface area (Å²) in [4.78, 5) is 17.9. The summed E-state index contributed by atoms with van der Waals surface area (Å²) >= 11 is 3.25. The fourth-order valence-electron chi connectivity index (χ4n) is 2.69. The number of aryl methyl sites for hydroxylation is 1. The highest BCUT2D eigenvalue weighted by atomic mass is 79.9. The van der Waals surface area contributed by atoms with Gasteiger partial charge in [0.05, 0.1) is 12.1 Å². The number of imidazole rings is 1. The number of alkyl halides is 1. The Hall–Kier alpha value is -2.80. The minimum Gasteiger partial charge on any atom is -0.390 e. The highest BCUT2D eigenvalue weighted by molar-refractivity contribution is 9.09. The lowest BCUT2D eigenvalue weighted by Crippen LogP contribution is -2.03. The largest absolute Gasteiger partial charge is 0.434 e. The van der Waals surface area contributed by atoms with Crippen molar-refractivity contribution in [2.24, 2.45) is 0 Å². The SMILES string of the molecule is O=[N+]([O-])c1nccn1CCCBr.c1ccc2c(c1)cnc1ccccc12. The summed E-state index contributed by atoms with van der Waals surface area (Å²) in [6.07, 6.45) is 5.84. The van der Waals surface area contributed by atoms with Crippen LogP contribution in [-0.2, 0) is 6.54 Å². The number of hydrogen-bond acceptors (Lipinski definition) is 4. The first kappa shape index (κ1) is 18.0. The summed E-state index contributed by atoms with van der Waals surface area (Å²) in [5.74, 6) is -0.0871. The van der Waals surface area contributed by atoms with Gasteiger partial charge >= 0.3 is 5.95 Å². The third-order valence-corrected chi connectivity index (χ3v) is 4.45. The molecule has 0 unspecified atom stereocenters. The number of halogens is 1. The van der Waals surface area contributed by atoms with Crippen molar-refractivity contribution >= 4 is 43.6 Å². The van der Waals surface area contributed by atoms with Crippen LogP contribution >= 0.6 is 15.9 Å². The normalized spacial score (nSPS) is 10.5. The second-order valence-corrected chi connectivity index (χ2v) is 6.38. The first-order chi connectivity index (χ1) is 12.7. The van der Waals surface area contributed by atoms with E-state index in [1.54, 1.807) is 6.20 Å². The van der Waals surface area contributed by atoms with Crippen LogP contribution in [-0.4, -0.2) is 24.8 Å². The molecule has 26 heavy (non-hydrogen) atoms. The molecule has 2 heterocycles. The quantitative estimate of drug-likeness (QED) is 0.205. The number of para-hydroxylation sites is 1. The molecular weight excluding hydrogens is 396 g/mol. The summed E-state index contributed by atoms with van der Waals surface area (Å²) in [7, 11) is 0. The first-order valence-corrected chi connectivity index (χ1v) is 9.27. The standard InChI is InChI=1S/C13H9N.C6H8BrN3O2/c1-2-6-11-10(5-1)9-14-13-8-4-3-7-12(11)13;7-2-1-4-9-5-3-8-6(9)10(11)12/h1-9H;3,5H,1-2,4H2. The van der Waals surface area contributed by atoms with Crippen molar-refractivity contribution in [3.63, 3.8) is 0 Å². The molecule has 0 saturated heterocycles. The van der Waals surface area contributed by atoms with E-state index < -0.39 is 4.92 Å². The third-order valence-electron chi connectivity index (χ3n) is 3.89. The number of fused-ring (bicyclic) bond motifs is 3. The summed E-state index contributed by atoms with van der Waals surface area (Å²) in [6, 6.07) is 16.6. The number of pyridine rings is 1. The van der Waals surface area contributed by atoms with E-state index in [1.165, 1.54) is 26.9 Å². The van der Waals surface area contributed by atoms with E-state index >= 15 is 0 Å². The van der Waals surface area contributed by atoms with Gasteiger partial charge in [0.2, 0.25) is 0 Å². The molecule has 6 nitrogen and oxygen atoms in total. The molecule has 0 aliphatic heterocycles. The number of hydrogen-bond donors (Lipinski definition) is 0. The smallest absolute Gasteiger partial charge is 0.390 e. The van der Waals surface area contributed by atoms with Crippen molar-refractivity contribution in [3.05, 3.63) is 77.2 Å². The van der Waals surface area contributed by atoms with E-state index in [2.05, 4.69) is 56.2 Å². The molecule has 4 rings (SSSR count). The van der Waals surface area contributed by atoms with Crippen molar-refractivity contribution in [2.75, 3.05) is 5.33 Å². The van der Waals surface area contributed by atoms with Crippen molar-refractivity contribution < 1.29 is 4.92 Å². The lowest BCUT2D eigenvalue weighted by atomic mass is 10.1. The summed E-state index contributed by atoms with van der Waals surface area (Å²) in [5.41, 5.74) is 1.06. The maximum absolute atomic E-state index is 10.4. The molecule has 132 valence electrons. The molecule has 0 fully saturated rings. The highest BCUT2D eigenvalue weighted by Crippen LogP contribution is 2.22. The zero-order chi connectivity index (χ0) is 18.4. The lowest BCUT2D eigenvalue weighted by molar-refractivity contribution is -0.396. The summed E-state index contributed by atoms with van der Waals surface area (Å²) in [5, 5.41) is 14.9. The fraction of sp³-hybridized carbons (Fsp3) is 0.158. The van der Waals surface area contributed by atoms with Crippen LogP contribution in [0.4, 0.5) is 5.95 Å². The fourth-order valence-corrected chi connectivity index (χ4v) is 2.94. The van der Waals surface area contributed by atoms with Crippen LogP contribution in [0.15, 0.2) is 67.1 Å². The Morgan fingerprint density at radius 2 is 1.77 bits per heavy atom. The third kappa shape index (κ3) is 4.05. The van der Waals surface area contributed by atoms with Crippen LogP contribution < -0.4 is 0 Å². The molecule has 0 N–H and O–H groups in total. The van der Waals surface area contributed by atoms with E-state index in [4.69, 9.17) is 0 Å². The number of nitro groups is 1. The zero-order valence-electron chi connectivity index (χ0n) is 14.0. The molecule has 0 saturated carbocycles. The van der Waals surface area contributed by atoms with Gasteiger partial charge < -0.3 is 10.1 Å². The minimum absolute atomic E-state index is 0.0871. The highest BCUT2D eigenvalue weighted by Gasteiger charge is 2.12. The molecule has 0 radical (unpaired) electrons. The zero-order valence-corrected chi connectivity index (χ0v) is 15.5. The van der Waals surface area contributed by atoms with Crippen molar-refractivity contribution in [2.45, 2.75) is 13.0 Å². The van der Waals surface area contributed by atoms with Gasteiger partial charge in [-0.25, -0.2) is 4.57 Å². The lowest BCUT2D eigenvalue weighted by Gasteiger charge is -2.01. The molecule has 4 aromatic rings. The maximum Gasteiger partial charge on any atom is 0.434 e. The topological polar surface area (TPSA) is 73.8 Å². The monoisotopic (exact) mass is 412 g/mol. The molecule has 2 aromatic carbocycles. The van der Waals surface area contributed by atoms with Gasteiger partial charge in [-0.15, -0.1) is 0 Å². The van der Waals surface area contributed by atoms with Gasteiger partial charge in [0.1, 0.15) is 12.4 Å².